The van der Waals surface area contributed by atoms with Crippen LogP contribution in [0.5, 0.6) is 5.88 Å². The van der Waals surface area contributed by atoms with Crippen LogP contribution in [0.1, 0.15) is 32.3 Å². The van der Waals surface area contributed by atoms with Crippen LogP contribution in [-0.2, 0) is 4.79 Å². The summed E-state index contributed by atoms with van der Waals surface area (Å²) < 4.78 is 5.76. The summed E-state index contributed by atoms with van der Waals surface area (Å²) in [5, 5.41) is 13.1. The van der Waals surface area contributed by atoms with Gasteiger partial charge in [-0.3, -0.25) is 9.69 Å². The van der Waals surface area contributed by atoms with Crippen LogP contribution >= 0.6 is 11.8 Å². The molecule has 1 aromatic rings. The molecule has 0 aromatic carbocycles. The molecule has 10 heteroatoms. The van der Waals surface area contributed by atoms with Gasteiger partial charge in [-0.15, -0.1) is 0 Å². The first-order chi connectivity index (χ1) is 15.9. The third-order valence-corrected chi connectivity index (χ3v) is 7.98. The maximum absolute atomic E-state index is 13.4. The van der Waals surface area contributed by atoms with Gasteiger partial charge in [0.15, 0.2) is 0 Å². The molecule has 4 aliphatic rings. The normalized spacial score (nSPS) is 28.7. The molecule has 5 heterocycles. The van der Waals surface area contributed by atoms with Crippen LogP contribution in [-0.4, -0.2) is 60.6 Å². The average molecular weight is 473 g/mol. The Balaban J connectivity index is 1.40. The van der Waals surface area contributed by atoms with E-state index in [9.17, 15) is 9.59 Å². The Morgan fingerprint density at radius 3 is 2.94 bits per heavy atom. The SMILES string of the molecule is Cc1cc(OCC(C)C)ncc1N1C(=O)NC2=C(C(=O)N[C@@H]3CCNC3)SC3NCCC1C23. The maximum atomic E-state index is 13.4. The van der Waals surface area contributed by atoms with E-state index in [1.165, 1.54) is 11.8 Å². The van der Waals surface area contributed by atoms with Gasteiger partial charge in [0.05, 0.1) is 34.8 Å². The molecule has 3 fully saturated rings. The van der Waals surface area contributed by atoms with E-state index in [2.05, 4.69) is 40.1 Å². The topological polar surface area (TPSA) is 108 Å². The number of ether oxygens (including phenoxy) is 1. The number of aryl methyl sites for hydroxylation is 1. The van der Waals surface area contributed by atoms with Crippen LogP contribution in [0.3, 0.4) is 0 Å². The molecule has 4 atom stereocenters. The van der Waals surface area contributed by atoms with Crippen LogP contribution in [0.25, 0.3) is 0 Å². The number of hydrogen-bond donors (Lipinski definition) is 4. The number of thioether (sulfide) groups is 1. The van der Waals surface area contributed by atoms with Crippen LogP contribution < -0.4 is 30.9 Å². The Bertz CT molecular complexity index is 977. The highest BCUT2D eigenvalue weighted by atomic mass is 32.2. The monoisotopic (exact) mass is 472 g/mol. The summed E-state index contributed by atoms with van der Waals surface area (Å²) in [5.41, 5.74) is 2.49. The molecule has 0 bridgehead atoms. The zero-order valence-corrected chi connectivity index (χ0v) is 20.1. The molecule has 4 aliphatic heterocycles. The Hall–Kier alpha value is -2.30. The zero-order chi connectivity index (χ0) is 23.1. The molecule has 5 rings (SSSR count). The van der Waals surface area contributed by atoms with Gasteiger partial charge in [0.1, 0.15) is 0 Å². The first-order valence-corrected chi connectivity index (χ1v) is 12.7. The molecule has 178 valence electrons. The maximum Gasteiger partial charge on any atom is 0.326 e. The Morgan fingerprint density at radius 1 is 1.36 bits per heavy atom. The summed E-state index contributed by atoms with van der Waals surface area (Å²) in [7, 11) is 0. The molecule has 0 radical (unpaired) electrons. The minimum Gasteiger partial charge on any atom is -0.477 e. The second-order valence-corrected chi connectivity index (χ2v) is 10.7. The average Bonchev–Trinajstić information content (AvgIpc) is 3.42. The Labute approximate surface area is 198 Å². The van der Waals surface area contributed by atoms with Crippen molar-refractivity contribution < 1.29 is 14.3 Å². The highest BCUT2D eigenvalue weighted by molar-refractivity contribution is 8.04. The molecule has 0 saturated carbocycles. The molecular formula is C23H32N6O3S. The fourth-order valence-electron chi connectivity index (χ4n) is 5.04. The summed E-state index contributed by atoms with van der Waals surface area (Å²) in [5.74, 6) is 0.924. The van der Waals surface area contributed by atoms with Crippen molar-refractivity contribution in [3.8, 4) is 5.88 Å². The van der Waals surface area contributed by atoms with Gasteiger partial charge in [-0.2, -0.15) is 0 Å². The highest BCUT2D eigenvalue weighted by Crippen LogP contribution is 2.48. The number of carbonyl (C=O) groups excluding carboxylic acids is 2. The summed E-state index contributed by atoms with van der Waals surface area (Å²) in [6.45, 7) is 9.26. The zero-order valence-electron chi connectivity index (χ0n) is 19.3. The highest BCUT2D eigenvalue weighted by Gasteiger charge is 2.52. The lowest BCUT2D eigenvalue weighted by Gasteiger charge is -2.46. The van der Waals surface area contributed by atoms with Gasteiger partial charge >= 0.3 is 6.03 Å². The number of carbonyl (C=O) groups is 2. The van der Waals surface area contributed by atoms with Crippen LogP contribution in [0.4, 0.5) is 10.5 Å². The number of piperidine rings is 1. The van der Waals surface area contributed by atoms with Crippen molar-refractivity contribution in [2.45, 2.75) is 51.1 Å². The largest absolute Gasteiger partial charge is 0.477 e. The number of pyridine rings is 1. The number of urea groups is 1. The molecule has 0 aliphatic carbocycles. The second kappa shape index (κ2) is 9.15. The second-order valence-electron chi connectivity index (χ2n) is 9.59. The van der Waals surface area contributed by atoms with E-state index in [0.717, 1.165) is 49.4 Å². The van der Waals surface area contributed by atoms with Crippen molar-refractivity contribution in [2.75, 3.05) is 31.1 Å². The van der Waals surface area contributed by atoms with Gasteiger partial charge in [-0.25, -0.2) is 9.78 Å². The molecular weight excluding hydrogens is 440 g/mol. The summed E-state index contributed by atoms with van der Waals surface area (Å²) >= 11 is 1.54. The fourth-order valence-corrected chi connectivity index (χ4v) is 6.44. The number of nitrogens with one attached hydrogen (secondary N) is 4. The molecule has 1 aromatic heterocycles. The molecule has 0 spiro atoms. The van der Waals surface area contributed by atoms with E-state index >= 15 is 0 Å². The lowest BCUT2D eigenvalue weighted by atomic mass is 9.86. The summed E-state index contributed by atoms with van der Waals surface area (Å²) in [4.78, 5) is 33.4. The van der Waals surface area contributed by atoms with Crippen molar-refractivity contribution in [3.05, 3.63) is 28.4 Å². The van der Waals surface area contributed by atoms with E-state index in [4.69, 9.17) is 4.74 Å². The number of rotatable bonds is 6. The lowest BCUT2D eigenvalue weighted by Crippen LogP contribution is -2.62. The molecule has 3 amide bonds. The lowest BCUT2D eigenvalue weighted by molar-refractivity contribution is -0.117. The van der Waals surface area contributed by atoms with Crippen molar-refractivity contribution in [2.24, 2.45) is 11.8 Å². The molecule has 33 heavy (non-hydrogen) atoms. The molecule has 4 N–H and O–H groups in total. The third-order valence-electron chi connectivity index (χ3n) is 6.63. The van der Waals surface area contributed by atoms with E-state index in [1.807, 2.05) is 17.9 Å². The van der Waals surface area contributed by atoms with Crippen LogP contribution in [0.2, 0.25) is 0 Å². The van der Waals surface area contributed by atoms with Crippen molar-refractivity contribution in [1.29, 1.82) is 0 Å². The van der Waals surface area contributed by atoms with E-state index in [1.54, 1.807) is 6.20 Å². The molecule has 9 nitrogen and oxygen atoms in total. The van der Waals surface area contributed by atoms with Crippen molar-refractivity contribution >= 4 is 29.4 Å². The number of anilines is 1. The first kappa shape index (κ1) is 22.5. The van der Waals surface area contributed by atoms with E-state index in [0.29, 0.717) is 23.3 Å². The minimum absolute atomic E-state index is 0.0279. The predicted octanol–water partition coefficient (Wildman–Crippen LogP) is 1.70. The molecule has 3 unspecified atom stereocenters. The van der Waals surface area contributed by atoms with Gasteiger partial charge in [0.25, 0.3) is 5.91 Å². The van der Waals surface area contributed by atoms with Gasteiger partial charge < -0.3 is 26.0 Å². The standard InChI is InChI=1S/C23H32N6O3S/c1-12(2)11-32-17-8-13(3)16(10-26-17)29-15-5-7-25-22-18(15)19(28-23(29)31)20(33-22)21(30)27-14-4-6-24-9-14/h8,10,12,14-15,18,22,24-25H,4-7,9,11H2,1-3H3,(H,27,30)(H,28,31)/t14-,15?,18?,22?/m1/s1. The van der Waals surface area contributed by atoms with Gasteiger partial charge in [-0.05, 0) is 44.3 Å². The number of aromatic nitrogens is 1. The van der Waals surface area contributed by atoms with Crippen molar-refractivity contribution in [3.63, 3.8) is 0 Å². The van der Waals surface area contributed by atoms with E-state index < -0.39 is 0 Å². The van der Waals surface area contributed by atoms with E-state index in [-0.39, 0.29) is 35.3 Å². The Morgan fingerprint density at radius 2 is 2.21 bits per heavy atom. The Kier molecular flexibility index (Phi) is 6.24. The van der Waals surface area contributed by atoms with Gasteiger partial charge in [0.2, 0.25) is 5.88 Å². The predicted molar refractivity (Wildman–Crippen MR) is 128 cm³/mol. The first-order valence-electron chi connectivity index (χ1n) is 11.8. The number of amides is 3. The molecule has 3 saturated heterocycles. The smallest absolute Gasteiger partial charge is 0.326 e. The minimum atomic E-state index is -0.206. The van der Waals surface area contributed by atoms with Crippen LogP contribution in [0, 0.1) is 18.8 Å². The van der Waals surface area contributed by atoms with Gasteiger partial charge in [-0.1, -0.05) is 25.6 Å². The van der Waals surface area contributed by atoms with Crippen LogP contribution in [0.15, 0.2) is 22.9 Å². The summed E-state index contributed by atoms with van der Waals surface area (Å²) in [6, 6.07) is 1.79. The number of nitrogens with zero attached hydrogens (tertiary/aromatic N) is 2. The quantitative estimate of drug-likeness (QED) is 0.499. The third kappa shape index (κ3) is 4.31. The fraction of sp³-hybridized carbons (Fsp3) is 0.609. The number of hydrogen-bond acceptors (Lipinski definition) is 7. The van der Waals surface area contributed by atoms with Crippen molar-refractivity contribution in [1.82, 2.24) is 26.3 Å². The van der Waals surface area contributed by atoms with Gasteiger partial charge in [0, 0.05) is 30.3 Å². The summed E-state index contributed by atoms with van der Waals surface area (Å²) in [6.07, 6.45) is 3.47.